The van der Waals surface area contributed by atoms with Crippen molar-refractivity contribution in [1.82, 2.24) is 0 Å². The predicted octanol–water partition coefficient (Wildman–Crippen LogP) is -0.650. The monoisotopic (exact) mass is 105 g/mol. The van der Waals surface area contributed by atoms with E-state index in [1.807, 2.05) is 0 Å². The van der Waals surface area contributed by atoms with E-state index in [-0.39, 0.29) is 0 Å². The zero-order chi connectivity index (χ0) is 4.62. The second-order valence-corrected chi connectivity index (χ2v) is 3.74. The average molecular weight is 105 g/mol. The molecule has 0 bridgehead atoms. The van der Waals surface area contributed by atoms with E-state index in [0.717, 1.165) is 6.42 Å². The fourth-order valence-electron chi connectivity index (χ4n) is 0.350. The molecule has 0 radical (unpaired) electrons. The first-order chi connectivity index (χ1) is 2.71. The molecule has 1 aliphatic heterocycles. The van der Waals surface area contributed by atoms with Crippen molar-refractivity contribution in [1.29, 1.82) is 0 Å². The van der Waals surface area contributed by atoms with Gasteiger partial charge in [-0.3, -0.25) is 9.35 Å². The second-order valence-electron chi connectivity index (χ2n) is 1.44. The highest BCUT2D eigenvalue weighted by atomic mass is 32.2. The largest absolute Gasteiger partial charge is 0.259 e. The van der Waals surface area contributed by atoms with Crippen LogP contribution < -0.4 is 5.14 Å². The summed E-state index contributed by atoms with van der Waals surface area (Å²) < 4.78 is 10.4. The van der Waals surface area contributed by atoms with E-state index in [2.05, 4.69) is 0 Å². The lowest BCUT2D eigenvalue weighted by molar-refractivity contribution is 0.679. The Hall–Kier alpha value is -0.0200. The standard InChI is InChI=1S/C3H7NOS/c4-6(5)2-1-3-6/h2H,1,3H2,(H2,4,5). The van der Waals surface area contributed by atoms with Crippen molar-refractivity contribution >= 4 is 15.1 Å². The van der Waals surface area contributed by atoms with Gasteiger partial charge >= 0.3 is 0 Å². The summed E-state index contributed by atoms with van der Waals surface area (Å²) in [7, 11) is -1.86. The average Bonchev–Trinajstić information content (AvgIpc) is 1.32. The Morgan fingerprint density at radius 1 is 1.83 bits per heavy atom. The van der Waals surface area contributed by atoms with Crippen molar-refractivity contribution < 1.29 is 4.21 Å². The van der Waals surface area contributed by atoms with Gasteiger partial charge in [0.15, 0.2) is 0 Å². The molecule has 3 heteroatoms. The molecule has 0 aromatic rings. The normalized spacial score (nSPS) is 43.5. The van der Waals surface area contributed by atoms with Gasteiger partial charge in [-0.25, -0.2) is 0 Å². The highest BCUT2D eigenvalue weighted by molar-refractivity contribution is 8.00. The van der Waals surface area contributed by atoms with Crippen molar-refractivity contribution in [2.24, 2.45) is 5.14 Å². The van der Waals surface area contributed by atoms with Gasteiger partial charge in [0.05, 0.1) is 0 Å². The van der Waals surface area contributed by atoms with Crippen LogP contribution in [0.1, 0.15) is 6.42 Å². The zero-order valence-electron chi connectivity index (χ0n) is 3.39. The molecule has 0 aromatic heterocycles. The Bertz CT molecular complexity index is 154. The quantitative estimate of drug-likeness (QED) is 0.409. The van der Waals surface area contributed by atoms with Crippen LogP contribution in [-0.2, 0) is 9.71 Å². The fraction of sp³-hybridized carbons (Fsp3) is 0.667. The summed E-state index contributed by atoms with van der Waals surface area (Å²) in [6.07, 6.45) is 0.940. The maximum Gasteiger partial charge on any atom is 0.0330 e. The van der Waals surface area contributed by atoms with Crippen LogP contribution in [0, 0.1) is 0 Å². The second kappa shape index (κ2) is 0.978. The van der Waals surface area contributed by atoms with Crippen molar-refractivity contribution in [2.75, 3.05) is 5.75 Å². The third-order valence-electron chi connectivity index (χ3n) is 0.837. The zero-order valence-corrected chi connectivity index (χ0v) is 4.20. The van der Waals surface area contributed by atoms with Gasteiger partial charge in [-0.05, 0) is 11.8 Å². The molecule has 2 N–H and O–H groups in total. The van der Waals surface area contributed by atoms with Gasteiger partial charge in [0, 0.05) is 15.5 Å². The minimum Gasteiger partial charge on any atom is -0.259 e. The summed E-state index contributed by atoms with van der Waals surface area (Å²) in [4.78, 5) is 0. The lowest BCUT2D eigenvalue weighted by Gasteiger charge is -2.09. The summed E-state index contributed by atoms with van der Waals surface area (Å²) in [5.74, 6) is 0.701. The molecule has 0 aromatic carbocycles. The molecule has 1 aliphatic rings. The molecule has 36 valence electrons. The molecule has 1 heterocycles. The van der Waals surface area contributed by atoms with E-state index in [4.69, 9.17) is 5.14 Å². The van der Waals surface area contributed by atoms with E-state index >= 15 is 0 Å². The third-order valence-corrected chi connectivity index (χ3v) is 2.51. The maximum absolute atomic E-state index is 10.4. The van der Waals surface area contributed by atoms with Crippen molar-refractivity contribution in [3.8, 4) is 0 Å². The topological polar surface area (TPSA) is 43.1 Å². The Labute approximate surface area is 37.5 Å². The van der Waals surface area contributed by atoms with E-state index in [9.17, 15) is 4.21 Å². The first kappa shape index (κ1) is 4.15. The van der Waals surface area contributed by atoms with Crippen LogP contribution in [0.3, 0.4) is 0 Å². The molecule has 0 fully saturated rings. The maximum atomic E-state index is 10.4. The Kier molecular flexibility index (Phi) is 0.676. The van der Waals surface area contributed by atoms with E-state index in [1.54, 1.807) is 5.37 Å². The van der Waals surface area contributed by atoms with Gasteiger partial charge < -0.3 is 0 Å². The third kappa shape index (κ3) is 0.555. The molecule has 1 unspecified atom stereocenters. The SMILES string of the molecule is NS1(=O)=CCC1. The number of hydrogen-bond donors (Lipinski definition) is 1. The van der Waals surface area contributed by atoms with Crippen molar-refractivity contribution in [2.45, 2.75) is 6.42 Å². The van der Waals surface area contributed by atoms with Crippen LogP contribution in [-0.4, -0.2) is 15.3 Å². The lowest BCUT2D eigenvalue weighted by atomic mass is 10.6. The predicted molar refractivity (Wildman–Crippen MR) is 27.9 cm³/mol. The summed E-state index contributed by atoms with van der Waals surface area (Å²) in [5, 5.41) is 6.77. The molecule has 2 nitrogen and oxygen atoms in total. The van der Waals surface area contributed by atoms with Crippen LogP contribution in [0.5, 0.6) is 0 Å². The molecular weight excluding hydrogens is 98.1 g/mol. The van der Waals surface area contributed by atoms with E-state index in [0.29, 0.717) is 5.75 Å². The summed E-state index contributed by atoms with van der Waals surface area (Å²) in [6.45, 7) is 0. The van der Waals surface area contributed by atoms with Crippen LogP contribution in [0.2, 0.25) is 0 Å². The molecule has 0 spiro atoms. The fourth-order valence-corrected chi connectivity index (χ4v) is 1.05. The highest BCUT2D eigenvalue weighted by Crippen LogP contribution is 1.94. The summed E-state index contributed by atoms with van der Waals surface area (Å²) in [5.41, 5.74) is 0. The molecule has 1 rings (SSSR count). The van der Waals surface area contributed by atoms with Crippen molar-refractivity contribution in [3.05, 3.63) is 0 Å². The summed E-state index contributed by atoms with van der Waals surface area (Å²) in [6, 6.07) is 0. The van der Waals surface area contributed by atoms with Gasteiger partial charge in [-0.2, -0.15) is 0 Å². The number of rotatable bonds is 0. The van der Waals surface area contributed by atoms with Crippen LogP contribution in [0.25, 0.3) is 0 Å². The van der Waals surface area contributed by atoms with Crippen LogP contribution >= 0.6 is 0 Å². The van der Waals surface area contributed by atoms with Gasteiger partial charge in [0.25, 0.3) is 0 Å². The number of hydrogen-bond acceptors (Lipinski definition) is 1. The smallest absolute Gasteiger partial charge is 0.0330 e. The van der Waals surface area contributed by atoms with Crippen molar-refractivity contribution in [3.63, 3.8) is 0 Å². The van der Waals surface area contributed by atoms with Gasteiger partial charge in [0.2, 0.25) is 0 Å². The Morgan fingerprint density at radius 2 is 2.17 bits per heavy atom. The van der Waals surface area contributed by atoms with Crippen LogP contribution in [0.4, 0.5) is 0 Å². The summed E-state index contributed by atoms with van der Waals surface area (Å²) >= 11 is 0. The minimum atomic E-state index is -1.86. The van der Waals surface area contributed by atoms with Crippen LogP contribution in [0.15, 0.2) is 0 Å². The van der Waals surface area contributed by atoms with E-state index < -0.39 is 9.71 Å². The molecule has 0 saturated carbocycles. The molecule has 0 saturated heterocycles. The molecule has 6 heavy (non-hydrogen) atoms. The first-order valence-corrected chi connectivity index (χ1v) is 3.69. The first-order valence-electron chi connectivity index (χ1n) is 1.83. The molecule has 0 amide bonds. The number of nitrogens with two attached hydrogens (primary N) is 1. The minimum absolute atomic E-state index is 0.701. The van der Waals surface area contributed by atoms with Gasteiger partial charge in [0.1, 0.15) is 0 Å². The molecule has 0 aliphatic carbocycles. The van der Waals surface area contributed by atoms with Gasteiger partial charge in [-0.1, -0.05) is 0 Å². The molecule has 1 atom stereocenters. The van der Waals surface area contributed by atoms with E-state index in [1.165, 1.54) is 0 Å². The highest BCUT2D eigenvalue weighted by Gasteiger charge is 2.06. The van der Waals surface area contributed by atoms with Gasteiger partial charge in [-0.15, -0.1) is 0 Å². The Morgan fingerprint density at radius 3 is 2.17 bits per heavy atom. The lowest BCUT2D eigenvalue weighted by Crippen LogP contribution is -2.27. The molecular formula is C3H7NOS. The Balaban J connectivity index is 3.03.